The van der Waals surface area contributed by atoms with E-state index in [1.807, 2.05) is 18.7 Å². The van der Waals surface area contributed by atoms with Gasteiger partial charge in [0.1, 0.15) is 5.82 Å². The Kier molecular flexibility index (Phi) is 6.97. The molecule has 0 aliphatic heterocycles. The molecule has 0 saturated carbocycles. The molecular formula is C12H21N3S. The van der Waals surface area contributed by atoms with E-state index in [-0.39, 0.29) is 0 Å². The number of unbranched alkanes of at least 4 members (excludes halogenated alkanes) is 3. The van der Waals surface area contributed by atoms with Gasteiger partial charge in [-0.15, -0.1) is 0 Å². The molecular weight excluding hydrogens is 218 g/mol. The zero-order valence-electron chi connectivity index (χ0n) is 10.2. The molecule has 90 valence electrons. The van der Waals surface area contributed by atoms with Crippen molar-refractivity contribution in [2.45, 2.75) is 32.6 Å². The molecule has 1 rings (SSSR count). The molecule has 4 heteroatoms. The Morgan fingerprint density at radius 3 is 2.62 bits per heavy atom. The highest BCUT2D eigenvalue weighted by Gasteiger charge is 1.97. The van der Waals surface area contributed by atoms with Gasteiger partial charge in [0, 0.05) is 18.9 Å². The molecule has 0 spiro atoms. The van der Waals surface area contributed by atoms with Gasteiger partial charge >= 0.3 is 0 Å². The molecule has 0 bridgehead atoms. The lowest BCUT2D eigenvalue weighted by Crippen LogP contribution is -2.05. The summed E-state index contributed by atoms with van der Waals surface area (Å²) < 4.78 is 0. The van der Waals surface area contributed by atoms with Crippen LogP contribution in [0.15, 0.2) is 12.4 Å². The van der Waals surface area contributed by atoms with Crippen LogP contribution in [0, 0.1) is 6.92 Å². The molecule has 0 aromatic carbocycles. The van der Waals surface area contributed by atoms with E-state index in [4.69, 9.17) is 0 Å². The molecule has 3 nitrogen and oxygen atoms in total. The second-order valence-corrected chi connectivity index (χ2v) is 4.81. The van der Waals surface area contributed by atoms with Crippen molar-refractivity contribution in [3.63, 3.8) is 0 Å². The molecule has 0 saturated heterocycles. The van der Waals surface area contributed by atoms with Crippen molar-refractivity contribution in [2.24, 2.45) is 0 Å². The molecule has 1 heterocycles. The first-order valence-corrected chi connectivity index (χ1v) is 7.24. The van der Waals surface area contributed by atoms with Crippen molar-refractivity contribution in [3.05, 3.63) is 18.1 Å². The van der Waals surface area contributed by atoms with Crippen LogP contribution in [-0.2, 0) is 0 Å². The normalized spacial score (nSPS) is 10.4. The third-order valence-electron chi connectivity index (χ3n) is 2.45. The summed E-state index contributed by atoms with van der Waals surface area (Å²) in [5.74, 6) is 2.21. The number of nitrogens with zero attached hydrogens (tertiary/aromatic N) is 2. The number of hydrogen-bond acceptors (Lipinski definition) is 4. The third kappa shape index (κ3) is 5.35. The number of rotatable bonds is 8. The van der Waals surface area contributed by atoms with Crippen molar-refractivity contribution in [1.82, 2.24) is 9.97 Å². The van der Waals surface area contributed by atoms with E-state index in [1.54, 1.807) is 12.4 Å². The summed E-state index contributed by atoms with van der Waals surface area (Å²) in [6.45, 7) is 2.98. The maximum absolute atomic E-state index is 4.25. The molecule has 0 aliphatic carbocycles. The Balaban J connectivity index is 2.05. The van der Waals surface area contributed by atoms with Crippen LogP contribution < -0.4 is 5.32 Å². The Bertz CT molecular complexity index is 291. The number of nitrogens with one attached hydrogen (secondary N) is 1. The lowest BCUT2D eigenvalue weighted by molar-refractivity contribution is 0.688. The first kappa shape index (κ1) is 13.3. The summed E-state index contributed by atoms with van der Waals surface area (Å²) in [5, 5.41) is 3.33. The summed E-state index contributed by atoms with van der Waals surface area (Å²) in [4.78, 5) is 8.44. The van der Waals surface area contributed by atoms with Gasteiger partial charge in [0.25, 0.3) is 0 Å². The summed E-state index contributed by atoms with van der Waals surface area (Å²) in [7, 11) is 0. The smallest absolute Gasteiger partial charge is 0.147 e. The zero-order valence-corrected chi connectivity index (χ0v) is 11.0. The molecule has 1 aromatic heterocycles. The number of thioether (sulfide) groups is 1. The van der Waals surface area contributed by atoms with E-state index >= 15 is 0 Å². The van der Waals surface area contributed by atoms with E-state index in [0.29, 0.717) is 0 Å². The molecule has 1 aromatic rings. The van der Waals surface area contributed by atoms with Gasteiger partial charge in [-0.1, -0.05) is 12.8 Å². The summed E-state index contributed by atoms with van der Waals surface area (Å²) in [6, 6.07) is 0. The fourth-order valence-corrected chi connectivity index (χ4v) is 2.01. The standard InChI is InChI=1S/C12H21N3S/c1-11-12(15-9-8-13-11)14-7-5-3-4-6-10-16-2/h8-9H,3-7,10H2,1-2H3,(H,14,15). The molecule has 1 N–H and O–H groups in total. The predicted molar refractivity (Wildman–Crippen MR) is 72.1 cm³/mol. The number of aryl methyl sites for hydroxylation is 1. The molecule has 0 aliphatic rings. The van der Waals surface area contributed by atoms with E-state index in [9.17, 15) is 0 Å². The maximum atomic E-state index is 4.25. The summed E-state index contributed by atoms with van der Waals surface area (Å²) in [6.07, 6.45) is 10.8. The monoisotopic (exact) mass is 239 g/mol. The highest BCUT2D eigenvalue weighted by atomic mass is 32.2. The lowest BCUT2D eigenvalue weighted by atomic mass is 10.2. The first-order chi connectivity index (χ1) is 7.84. The quantitative estimate of drug-likeness (QED) is 0.707. The minimum atomic E-state index is 0.923. The van der Waals surface area contributed by atoms with Gasteiger partial charge in [0.05, 0.1) is 5.69 Å². The highest BCUT2D eigenvalue weighted by Crippen LogP contribution is 2.08. The highest BCUT2D eigenvalue weighted by molar-refractivity contribution is 7.98. The van der Waals surface area contributed by atoms with Crippen molar-refractivity contribution >= 4 is 17.6 Å². The van der Waals surface area contributed by atoms with Crippen LogP contribution in [0.1, 0.15) is 31.4 Å². The van der Waals surface area contributed by atoms with Gasteiger partial charge in [-0.25, -0.2) is 4.98 Å². The van der Waals surface area contributed by atoms with Crippen molar-refractivity contribution < 1.29 is 0 Å². The minimum absolute atomic E-state index is 0.923. The molecule has 0 radical (unpaired) electrons. The Hall–Kier alpha value is -0.770. The van der Waals surface area contributed by atoms with Crippen LogP contribution in [-0.4, -0.2) is 28.5 Å². The van der Waals surface area contributed by atoms with E-state index in [1.165, 1.54) is 31.4 Å². The van der Waals surface area contributed by atoms with E-state index in [0.717, 1.165) is 18.1 Å². The SMILES string of the molecule is CSCCCCCCNc1nccnc1C. The maximum Gasteiger partial charge on any atom is 0.147 e. The second kappa shape index (κ2) is 8.39. The largest absolute Gasteiger partial charge is 0.369 e. The molecule has 0 fully saturated rings. The summed E-state index contributed by atoms with van der Waals surface area (Å²) >= 11 is 1.93. The van der Waals surface area contributed by atoms with Crippen LogP contribution in [0.5, 0.6) is 0 Å². The van der Waals surface area contributed by atoms with Gasteiger partial charge < -0.3 is 5.32 Å². The molecule has 0 unspecified atom stereocenters. The summed E-state index contributed by atoms with van der Waals surface area (Å²) in [5.41, 5.74) is 0.977. The predicted octanol–water partition coefficient (Wildman–Crippen LogP) is 3.12. The van der Waals surface area contributed by atoms with Gasteiger partial charge in [-0.2, -0.15) is 11.8 Å². The minimum Gasteiger partial charge on any atom is -0.369 e. The Morgan fingerprint density at radius 2 is 1.88 bits per heavy atom. The molecule has 0 atom stereocenters. The average molecular weight is 239 g/mol. The number of anilines is 1. The topological polar surface area (TPSA) is 37.8 Å². The molecule has 0 amide bonds. The first-order valence-electron chi connectivity index (χ1n) is 5.85. The van der Waals surface area contributed by atoms with Crippen LogP contribution in [0.4, 0.5) is 5.82 Å². The third-order valence-corrected chi connectivity index (χ3v) is 3.15. The van der Waals surface area contributed by atoms with Gasteiger partial charge in [-0.3, -0.25) is 4.98 Å². The van der Waals surface area contributed by atoms with E-state index < -0.39 is 0 Å². The Morgan fingerprint density at radius 1 is 1.12 bits per heavy atom. The van der Waals surface area contributed by atoms with E-state index in [2.05, 4.69) is 21.5 Å². The van der Waals surface area contributed by atoms with Gasteiger partial charge in [0.15, 0.2) is 0 Å². The van der Waals surface area contributed by atoms with Crippen LogP contribution in [0.2, 0.25) is 0 Å². The van der Waals surface area contributed by atoms with Crippen molar-refractivity contribution in [3.8, 4) is 0 Å². The zero-order chi connectivity index (χ0) is 11.6. The second-order valence-electron chi connectivity index (χ2n) is 3.82. The van der Waals surface area contributed by atoms with Gasteiger partial charge in [-0.05, 0) is 31.8 Å². The van der Waals surface area contributed by atoms with Crippen LogP contribution in [0.25, 0.3) is 0 Å². The van der Waals surface area contributed by atoms with Crippen LogP contribution >= 0.6 is 11.8 Å². The van der Waals surface area contributed by atoms with Crippen molar-refractivity contribution in [1.29, 1.82) is 0 Å². The Labute approximate surface area is 102 Å². The van der Waals surface area contributed by atoms with Crippen molar-refractivity contribution in [2.75, 3.05) is 23.9 Å². The van der Waals surface area contributed by atoms with Gasteiger partial charge in [0.2, 0.25) is 0 Å². The fourth-order valence-electron chi connectivity index (χ4n) is 1.51. The van der Waals surface area contributed by atoms with Crippen LogP contribution in [0.3, 0.4) is 0 Å². The number of hydrogen-bond donors (Lipinski definition) is 1. The number of aromatic nitrogens is 2. The molecule has 16 heavy (non-hydrogen) atoms. The fraction of sp³-hybridized carbons (Fsp3) is 0.667. The average Bonchev–Trinajstić information content (AvgIpc) is 2.30. The lowest BCUT2D eigenvalue weighted by Gasteiger charge is -2.06.